The van der Waals surface area contributed by atoms with Gasteiger partial charge in [0.05, 0.1) is 11.4 Å². The van der Waals surface area contributed by atoms with Crippen LogP contribution in [0.15, 0.2) is 54.6 Å². The van der Waals surface area contributed by atoms with E-state index < -0.39 is 11.7 Å². The van der Waals surface area contributed by atoms with Crippen LogP contribution in [0.4, 0.5) is 10.1 Å². The minimum absolute atomic E-state index is 0.161. The largest absolute Gasteiger partial charge is 0.327 e. The number of imidazole rings is 1. The zero-order valence-corrected chi connectivity index (χ0v) is 15.2. The van der Waals surface area contributed by atoms with Crippen LogP contribution in [-0.2, 0) is 26.6 Å². The summed E-state index contributed by atoms with van der Waals surface area (Å²) < 4.78 is 15.6. The molecule has 0 bridgehead atoms. The number of nitrogens with one attached hydrogen (secondary N) is 1. The highest BCUT2D eigenvalue weighted by atomic mass is 19.1. The first-order valence-corrected chi connectivity index (χ1v) is 8.98. The van der Waals surface area contributed by atoms with Crippen LogP contribution in [-0.4, -0.2) is 26.9 Å². The Labute approximate surface area is 157 Å². The average Bonchev–Trinajstić information content (AvgIpc) is 3.01. The average molecular weight is 364 g/mol. The predicted octanol–water partition coefficient (Wildman–Crippen LogP) is 3.37. The summed E-state index contributed by atoms with van der Waals surface area (Å²) in [5.74, 6) is -0.546. The van der Waals surface area contributed by atoms with Crippen molar-refractivity contribution >= 4 is 11.6 Å². The second kappa shape index (κ2) is 7.32. The molecule has 3 aromatic rings. The molecule has 2 aromatic carbocycles. The van der Waals surface area contributed by atoms with Gasteiger partial charge in [0.1, 0.15) is 5.82 Å². The van der Waals surface area contributed by atoms with E-state index in [0.717, 1.165) is 30.9 Å². The highest BCUT2D eigenvalue weighted by molar-refractivity contribution is 6.02. The fourth-order valence-electron chi connectivity index (χ4n) is 3.50. The highest BCUT2D eigenvalue weighted by Crippen LogP contribution is 2.22. The number of fused-ring (bicyclic) bond motifs is 1. The standard InChI is InChI=1S/C21H21FN4O/c1-25-19-11-12-26(13-15-7-3-2-4-8-15)14-18(19)23-20(25)21(27)24-17-10-6-5-9-16(17)22/h2-10H,11-14H2,1H3,(H,24,27). The minimum Gasteiger partial charge on any atom is -0.327 e. The molecule has 0 radical (unpaired) electrons. The molecule has 0 atom stereocenters. The lowest BCUT2D eigenvalue weighted by molar-refractivity contribution is 0.101. The molecule has 0 saturated heterocycles. The fourth-order valence-corrected chi connectivity index (χ4v) is 3.50. The zero-order chi connectivity index (χ0) is 18.8. The highest BCUT2D eigenvalue weighted by Gasteiger charge is 2.25. The number of carbonyl (C=O) groups excluding carboxylic acids is 1. The van der Waals surface area contributed by atoms with E-state index in [-0.39, 0.29) is 5.69 Å². The lowest BCUT2D eigenvalue weighted by Crippen LogP contribution is -2.30. The van der Waals surface area contributed by atoms with Gasteiger partial charge in [-0.25, -0.2) is 9.37 Å². The Morgan fingerprint density at radius 1 is 1.15 bits per heavy atom. The molecule has 0 fully saturated rings. The Kier molecular flexibility index (Phi) is 4.73. The maximum absolute atomic E-state index is 13.8. The van der Waals surface area contributed by atoms with E-state index in [1.165, 1.54) is 17.7 Å². The number of benzene rings is 2. The Balaban J connectivity index is 1.51. The van der Waals surface area contributed by atoms with E-state index in [0.29, 0.717) is 12.4 Å². The molecular weight excluding hydrogens is 343 g/mol. The van der Waals surface area contributed by atoms with Gasteiger partial charge in [0.2, 0.25) is 0 Å². The van der Waals surface area contributed by atoms with E-state index in [1.807, 2.05) is 29.8 Å². The molecule has 4 rings (SSSR count). The van der Waals surface area contributed by atoms with Gasteiger partial charge in [0, 0.05) is 38.8 Å². The molecule has 0 unspecified atom stereocenters. The number of hydrogen-bond acceptors (Lipinski definition) is 3. The molecule has 1 N–H and O–H groups in total. The first kappa shape index (κ1) is 17.4. The van der Waals surface area contributed by atoms with Crippen LogP contribution in [0.2, 0.25) is 0 Å². The van der Waals surface area contributed by atoms with Crippen LogP contribution in [0.3, 0.4) is 0 Å². The van der Waals surface area contributed by atoms with Gasteiger partial charge in [0.25, 0.3) is 5.91 Å². The summed E-state index contributed by atoms with van der Waals surface area (Å²) in [5.41, 5.74) is 3.40. The summed E-state index contributed by atoms with van der Waals surface area (Å²) in [6, 6.07) is 16.4. The molecule has 0 aliphatic carbocycles. The molecular formula is C21H21FN4O. The van der Waals surface area contributed by atoms with Gasteiger partial charge in [0.15, 0.2) is 5.82 Å². The third kappa shape index (κ3) is 3.61. The molecule has 2 heterocycles. The molecule has 27 heavy (non-hydrogen) atoms. The number of carbonyl (C=O) groups is 1. The fraction of sp³-hybridized carbons (Fsp3) is 0.238. The quantitative estimate of drug-likeness (QED) is 0.772. The summed E-state index contributed by atoms with van der Waals surface area (Å²) in [6.07, 6.45) is 0.832. The predicted molar refractivity (Wildman–Crippen MR) is 102 cm³/mol. The second-order valence-electron chi connectivity index (χ2n) is 6.77. The SMILES string of the molecule is Cn1c(C(=O)Nc2ccccc2F)nc2c1CCN(Cc1ccccc1)C2. The van der Waals surface area contributed by atoms with Crippen molar-refractivity contribution in [2.75, 3.05) is 11.9 Å². The Bertz CT molecular complexity index is 968. The normalized spacial score (nSPS) is 14.0. The van der Waals surface area contributed by atoms with Gasteiger partial charge in [-0.3, -0.25) is 9.69 Å². The maximum Gasteiger partial charge on any atom is 0.291 e. The van der Waals surface area contributed by atoms with Crippen molar-refractivity contribution in [2.45, 2.75) is 19.5 Å². The van der Waals surface area contributed by atoms with Crippen LogP contribution < -0.4 is 5.32 Å². The van der Waals surface area contributed by atoms with Crippen LogP contribution in [0, 0.1) is 5.82 Å². The first-order valence-electron chi connectivity index (χ1n) is 8.98. The first-order chi connectivity index (χ1) is 13.1. The maximum atomic E-state index is 13.8. The van der Waals surface area contributed by atoms with E-state index >= 15 is 0 Å². The number of para-hydroxylation sites is 1. The molecule has 138 valence electrons. The van der Waals surface area contributed by atoms with Crippen molar-refractivity contribution in [1.29, 1.82) is 0 Å². The van der Waals surface area contributed by atoms with E-state index in [9.17, 15) is 9.18 Å². The van der Waals surface area contributed by atoms with E-state index in [2.05, 4.69) is 27.3 Å². The van der Waals surface area contributed by atoms with Crippen molar-refractivity contribution in [1.82, 2.24) is 14.5 Å². The second-order valence-corrected chi connectivity index (χ2v) is 6.77. The van der Waals surface area contributed by atoms with Gasteiger partial charge < -0.3 is 9.88 Å². The van der Waals surface area contributed by atoms with Crippen molar-refractivity contribution in [2.24, 2.45) is 7.05 Å². The summed E-state index contributed by atoms with van der Waals surface area (Å²) >= 11 is 0. The summed E-state index contributed by atoms with van der Waals surface area (Å²) in [4.78, 5) is 19.5. The van der Waals surface area contributed by atoms with Crippen molar-refractivity contribution in [3.8, 4) is 0 Å². The summed E-state index contributed by atoms with van der Waals surface area (Å²) in [5, 5.41) is 2.62. The number of anilines is 1. The van der Waals surface area contributed by atoms with Crippen molar-refractivity contribution in [3.63, 3.8) is 0 Å². The Hall–Kier alpha value is -2.99. The molecule has 1 amide bonds. The van der Waals surface area contributed by atoms with Gasteiger partial charge in [-0.2, -0.15) is 0 Å². The molecule has 5 nitrogen and oxygen atoms in total. The molecule has 1 aliphatic rings. The molecule has 1 aliphatic heterocycles. The summed E-state index contributed by atoms with van der Waals surface area (Å²) in [7, 11) is 1.84. The number of aromatic nitrogens is 2. The Morgan fingerprint density at radius 2 is 1.89 bits per heavy atom. The van der Waals surface area contributed by atoms with Gasteiger partial charge in [-0.1, -0.05) is 42.5 Å². The topological polar surface area (TPSA) is 50.2 Å². The van der Waals surface area contributed by atoms with Gasteiger partial charge >= 0.3 is 0 Å². The van der Waals surface area contributed by atoms with Crippen LogP contribution in [0.5, 0.6) is 0 Å². The third-order valence-corrected chi connectivity index (χ3v) is 4.91. The van der Waals surface area contributed by atoms with Crippen LogP contribution in [0.1, 0.15) is 27.6 Å². The zero-order valence-electron chi connectivity index (χ0n) is 15.2. The Morgan fingerprint density at radius 3 is 2.67 bits per heavy atom. The van der Waals surface area contributed by atoms with Crippen molar-refractivity contribution in [3.05, 3.63) is 83.2 Å². The van der Waals surface area contributed by atoms with Crippen LogP contribution in [0.25, 0.3) is 0 Å². The number of amides is 1. The minimum atomic E-state index is -0.459. The van der Waals surface area contributed by atoms with Gasteiger partial charge in [-0.05, 0) is 17.7 Å². The monoisotopic (exact) mass is 364 g/mol. The van der Waals surface area contributed by atoms with Crippen LogP contribution >= 0.6 is 0 Å². The number of nitrogens with zero attached hydrogens (tertiary/aromatic N) is 3. The molecule has 0 spiro atoms. The lowest BCUT2D eigenvalue weighted by Gasteiger charge is -2.26. The molecule has 1 aromatic heterocycles. The van der Waals surface area contributed by atoms with Gasteiger partial charge in [-0.15, -0.1) is 0 Å². The number of halogens is 1. The van der Waals surface area contributed by atoms with E-state index in [4.69, 9.17) is 0 Å². The number of rotatable bonds is 4. The molecule has 0 saturated carbocycles. The van der Waals surface area contributed by atoms with Crippen molar-refractivity contribution < 1.29 is 9.18 Å². The lowest BCUT2D eigenvalue weighted by atomic mass is 10.1. The smallest absolute Gasteiger partial charge is 0.291 e. The molecule has 6 heteroatoms. The summed E-state index contributed by atoms with van der Waals surface area (Å²) in [6.45, 7) is 2.47. The van der Waals surface area contributed by atoms with E-state index in [1.54, 1.807) is 12.1 Å². The number of hydrogen-bond donors (Lipinski definition) is 1. The third-order valence-electron chi connectivity index (χ3n) is 4.91.